The molecule has 0 spiro atoms. The fourth-order valence-corrected chi connectivity index (χ4v) is 6.59. The second-order valence-electron chi connectivity index (χ2n) is 11.9. The fourth-order valence-electron chi connectivity index (χ4n) is 3.90. The van der Waals surface area contributed by atoms with E-state index in [-0.39, 0.29) is 21.8 Å². The van der Waals surface area contributed by atoms with Crippen molar-refractivity contribution in [1.82, 2.24) is 0 Å². The molecule has 0 amide bonds. The number of hydrogen-bond donors (Lipinski definition) is 0. The Morgan fingerprint density at radius 3 is 2.00 bits per heavy atom. The molecule has 158 valence electrons. The normalized spacial score (nSPS) is 25.9. The van der Waals surface area contributed by atoms with E-state index in [1.807, 2.05) is 0 Å². The van der Waals surface area contributed by atoms with Crippen molar-refractivity contribution in [3.63, 3.8) is 0 Å². The molecule has 0 aromatic heterocycles. The lowest BCUT2D eigenvalue weighted by Gasteiger charge is -2.59. The molecular weight excluding hydrogens is 368 g/mol. The second kappa shape index (κ2) is 7.88. The lowest BCUT2D eigenvalue weighted by atomic mass is 9.51. The van der Waals surface area contributed by atoms with Crippen LogP contribution in [-0.4, -0.2) is 34.6 Å². The van der Waals surface area contributed by atoms with E-state index in [1.54, 1.807) is 13.0 Å². The Morgan fingerprint density at radius 1 is 1.11 bits per heavy atom. The van der Waals surface area contributed by atoms with Gasteiger partial charge in [0.2, 0.25) is 0 Å². The van der Waals surface area contributed by atoms with Crippen molar-refractivity contribution < 1.29 is 13.6 Å². The van der Waals surface area contributed by atoms with Gasteiger partial charge in [-0.2, -0.15) is 0 Å². The molecule has 5 heteroatoms. The smallest absolute Gasteiger partial charge is 0.192 e. The molecule has 0 aromatic carbocycles. The quantitative estimate of drug-likeness (QED) is 0.340. The summed E-state index contributed by atoms with van der Waals surface area (Å²) in [5.74, 6) is 0.826. The molecule has 0 aliphatic heterocycles. The van der Waals surface area contributed by atoms with E-state index in [4.69, 9.17) is 8.85 Å². The van der Waals surface area contributed by atoms with Crippen LogP contribution in [0.5, 0.6) is 0 Å². The lowest BCUT2D eigenvalue weighted by molar-refractivity contribution is -0.126. The van der Waals surface area contributed by atoms with Crippen molar-refractivity contribution >= 4 is 22.4 Å². The maximum Gasteiger partial charge on any atom is 0.192 e. The molecule has 1 fully saturated rings. The third-order valence-corrected chi connectivity index (χ3v) is 12.0. The van der Waals surface area contributed by atoms with Crippen LogP contribution in [-0.2, 0) is 13.6 Å². The first-order valence-corrected chi connectivity index (χ1v) is 16.7. The van der Waals surface area contributed by atoms with Crippen LogP contribution in [0.2, 0.25) is 37.8 Å². The third kappa shape index (κ3) is 6.38. The van der Waals surface area contributed by atoms with Gasteiger partial charge in [0.15, 0.2) is 22.4 Å². The highest BCUT2D eigenvalue weighted by Crippen LogP contribution is 2.57. The van der Waals surface area contributed by atoms with Gasteiger partial charge in [0.1, 0.15) is 0 Å². The summed E-state index contributed by atoms with van der Waals surface area (Å²) in [7, 11) is -3.61. The molecular formula is C22H44O3Si2. The molecule has 1 rings (SSSR count). The van der Waals surface area contributed by atoms with Gasteiger partial charge in [-0.25, -0.2) is 0 Å². The molecule has 1 saturated carbocycles. The highest BCUT2D eigenvalue weighted by molar-refractivity contribution is 6.74. The predicted octanol–water partition coefficient (Wildman–Crippen LogP) is 6.43. The first-order valence-electron chi connectivity index (χ1n) is 10.3. The van der Waals surface area contributed by atoms with Crippen molar-refractivity contribution in [3.8, 4) is 0 Å². The van der Waals surface area contributed by atoms with E-state index in [0.717, 1.165) is 6.42 Å². The highest BCUT2D eigenvalue weighted by Gasteiger charge is 2.56. The average Bonchev–Trinajstić information content (AvgIpc) is 2.39. The van der Waals surface area contributed by atoms with Crippen molar-refractivity contribution in [2.45, 2.75) is 98.3 Å². The number of allylic oxidation sites excluding steroid dienone is 2. The monoisotopic (exact) mass is 412 g/mol. The zero-order valence-corrected chi connectivity index (χ0v) is 21.9. The van der Waals surface area contributed by atoms with Crippen molar-refractivity contribution in [2.75, 3.05) is 6.61 Å². The van der Waals surface area contributed by atoms with Gasteiger partial charge in [-0.15, -0.1) is 0 Å². The highest BCUT2D eigenvalue weighted by atomic mass is 28.4. The van der Waals surface area contributed by atoms with Crippen LogP contribution in [0.15, 0.2) is 12.2 Å². The first kappa shape index (κ1) is 24.8. The Balaban J connectivity index is 3.14. The molecule has 3 atom stereocenters. The number of carbonyl (C=O) groups is 1. The fraction of sp³-hybridized carbons (Fsp3) is 0.864. The average molecular weight is 413 g/mol. The van der Waals surface area contributed by atoms with Crippen LogP contribution in [0.1, 0.15) is 54.9 Å². The Labute approximate surface area is 170 Å². The molecule has 0 aromatic rings. The maximum atomic E-state index is 11.5. The number of carbonyl (C=O) groups excluding carboxylic acids is 1. The molecule has 1 aliphatic rings. The van der Waals surface area contributed by atoms with Gasteiger partial charge >= 0.3 is 0 Å². The van der Waals surface area contributed by atoms with Gasteiger partial charge < -0.3 is 8.85 Å². The summed E-state index contributed by atoms with van der Waals surface area (Å²) in [5.41, 5.74) is -0.126. The van der Waals surface area contributed by atoms with Crippen LogP contribution in [0.3, 0.4) is 0 Å². The van der Waals surface area contributed by atoms with E-state index in [0.29, 0.717) is 18.4 Å². The van der Waals surface area contributed by atoms with E-state index < -0.39 is 16.6 Å². The Morgan fingerprint density at radius 2 is 1.63 bits per heavy atom. The van der Waals surface area contributed by atoms with Gasteiger partial charge in [0.05, 0.1) is 12.2 Å². The van der Waals surface area contributed by atoms with E-state index in [2.05, 4.69) is 80.4 Å². The van der Waals surface area contributed by atoms with E-state index in [1.165, 1.54) is 0 Å². The second-order valence-corrected chi connectivity index (χ2v) is 21.1. The molecule has 0 radical (unpaired) electrons. The molecule has 0 heterocycles. The lowest BCUT2D eigenvalue weighted by Crippen LogP contribution is -2.60. The zero-order valence-electron chi connectivity index (χ0n) is 19.9. The van der Waals surface area contributed by atoms with Crippen LogP contribution in [0.25, 0.3) is 0 Å². The minimum absolute atomic E-state index is 0.113. The number of hydrogen-bond acceptors (Lipinski definition) is 3. The predicted molar refractivity (Wildman–Crippen MR) is 121 cm³/mol. The van der Waals surface area contributed by atoms with Crippen molar-refractivity contribution in [1.29, 1.82) is 0 Å². The SMILES string of the molecule is CC(=O)/C=C/[C@@H]1[C@@H]([C@](C)(CO[Si](C)(C)C(C)(C)C)O[Si](C)(C)C)CC1(C)C. The first-order chi connectivity index (χ1) is 11.8. The van der Waals surface area contributed by atoms with Crippen LogP contribution >= 0.6 is 0 Å². The van der Waals surface area contributed by atoms with Crippen LogP contribution in [0, 0.1) is 17.3 Å². The Bertz CT molecular complexity index is 567. The molecule has 3 nitrogen and oxygen atoms in total. The zero-order chi connectivity index (χ0) is 21.5. The maximum absolute atomic E-state index is 11.5. The van der Waals surface area contributed by atoms with Gasteiger partial charge in [0.25, 0.3) is 0 Å². The minimum atomic E-state index is -1.86. The van der Waals surface area contributed by atoms with Gasteiger partial charge in [-0.05, 0) is 81.4 Å². The van der Waals surface area contributed by atoms with Gasteiger partial charge in [-0.1, -0.05) is 40.7 Å². The van der Waals surface area contributed by atoms with Crippen LogP contribution in [0.4, 0.5) is 0 Å². The Hall–Kier alpha value is -0.236. The molecule has 0 unspecified atom stereocenters. The van der Waals surface area contributed by atoms with Crippen molar-refractivity contribution in [3.05, 3.63) is 12.2 Å². The van der Waals surface area contributed by atoms with Crippen LogP contribution < -0.4 is 0 Å². The summed E-state index contributed by atoms with van der Waals surface area (Å²) in [6, 6.07) is 0. The number of rotatable bonds is 8. The summed E-state index contributed by atoms with van der Waals surface area (Å²) >= 11 is 0. The molecule has 1 aliphatic carbocycles. The molecule has 0 saturated heterocycles. The summed E-state index contributed by atoms with van der Waals surface area (Å²) in [6.45, 7) is 27.3. The number of ketones is 1. The van der Waals surface area contributed by atoms with Crippen molar-refractivity contribution in [2.24, 2.45) is 17.3 Å². The largest absolute Gasteiger partial charge is 0.414 e. The molecule has 0 N–H and O–H groups in total. The summed E-state index contributed by atoms with van der Waals surface area (Å²) in [6.07, 6.45) is 4.96. The topological polar surface area (TPSA) is 35.5 Å². The molecule has 0 bridgehead atoms. The molecule has 27 heavy (non-hydrogen) atoms. The minimum Gasteiger partial charge on any atom is -0.414 e. The summed E-state index contributed by atoms with van der Waals surface area (Å²) in [4.78, 5) is 11.5. The summed E-state index contributed by atoms with van der Waals surface area (Å²) < 4.78 is 13.4. The van der Waals surface area contributed by atoms with E-state index in [9.17, 15) is 4.79 Å². The third-order valence-electron chi connectivity index (χ3n) is 6.47. The summed E-state index contributed by atoms with van der Waals surface area (Å²) in [5, 5.41) is 0.180. The Kier molecular flexibility index (Phi) is 7.24. The van der Waals surface area contributed by atoms with Gasteiger partial charge in [0, 0.05) is 0 Å². The van der Waals surface area contributed by atoms with Gasteiger partial charge in [-0.3, -0.25) is 4.79 Å². The standard InChI is InChI=1S/C22H44O3Si2/c1-17(23)13-14-18-19(15-21(18,5)6)22(7,25-26(8,9)10)16-24-27(11,12)20(2,3)4/h13-14,18-19H,15-16H2,1-12H3/b14-13+/t18-,19+,22+/m1/s1. The van der Waals surface area contributed by atoms with E-state index >= 15 is 0 Å².